The van der Waals surface area contributed by atoms with Crippen LogP contribution in [0.15, 0.2) is 24.3 Å². The average molecular weight is 344 g/mol. The van der Waals surface area contributed by atoms with E-state index in [-0.39, 0.29) is 36.7 Å². The Balaban J connectivity index is 2.82. The van der Waals surface area contributed by atoms with Crippen LogP contribution in [0.5, 0.6) is 0 Å². The fourth-order valence-electron chi connectivity index (χ4n) is 1.97. The number of nitro benzene ring substituents is 1. The Bertz CT molecular complexity index is 564. The number of hydrogen-bond acceptors (Lipinski definition) is 5. The zero-order chi connectivity index (χ0) is 17.4. The molecule has 126 valence electrons. The van der Waals surface area contributed by atoms with Crippen LogP contribution in [-0.2, 0) is 9.53 Å². The first-order valence-electron chi connectivity index (χ1n) is 6.85. The lowest BCUT2D eigenvalue weighted by molar-refractivity contribution is -0.384. The highest BCUT2D eigenvalue weighted by Gasteiger charge is 2.21. The van der Waals surface area contributed by atoms with E-state index in [4.69, 9.17) is 16.3 Å². The summed E-state index contributed by atoms with van der Waals surface area (Å²) in [6.45, 7) is 1.95. The molecule has 0 radical (unpaired) electrons. The number of hydrogen-bond donors (Lipinski definition) is 1. The molecule has 0 aliphatic carbocycles. The third-order valence-corrected chi connectivity index (χ3v) is 3.49. The zero-order valence-corrected chi connectivity index (χ0v) is 13.6. The molecule has 1 atom stereocenters. The van der Waals surface area contributed by atoms with E-state index in [1.165, 1.54) is 24.1 Å². The summed E-state index contributed by atoms with van der Waals surface area (Å²) >= 11 is 5.61. The highest BCUT2D eigenvalue weighted by Crippen LogP contribution is 2.23. The summed E-state index contributed by atoms with van der Waals surface area (Å²) in [5.41, 5.74) is 0.688. The third-order valence-electron chi connectivity index (χ3n) is 3.26. The van der Waals surface area contributed by atoms with E-state index in [0.29, 0.717) is 5.56 Å². The molecular weight excluding hydrogens is 326 g/mol. The molecule has 0 bridgehead atoms. The van der Waals surface area contributed by atoms with Crippen LogP contribution in [0.4, 0.5) is 10.5 Å². The van der Waals surface area contributed by atoms with Gasteiger partial charge in [0.2, 0.25) is 5.91 Å². The molecule has 0 aromatic heterocycles. The maximum atomic E-state index is 12.0. The van der Waals surface area contributed by atoms with Crippen molar-refractivity contribution in [2.45, 2.75) is 13.0 Å². The quantitative estimate of drug-likeness (QED) is 0.464. The van der Waals surface area contributed by atoms with Gasteiger partial charge in [0.05, 0.1) is 17.5 Å². The number of alkyl carbamates (subject to hydrolysis) is 1. The van der Waals surface area contributed by atoms with Gasteiger partial charge in [0.1, 0.15) is 12.5 Å². The summed E-state index contributed by atoms with van der Waals surface area (Å²) in [6.07, 6.45) is -0.591. The molecule has 9 heteroatoms. The van der Waals surface area contributed by atoms with E-state index in [2.05, 4.69) is 5.32 Å². The smallest absolute Gasteiger partial charge is 0.406 e. The van der Waals surface area contributed by atoms with Gasteiger partial charge >= 0.3 is 6.09 Å². The first-order valence-corrected chi connectivity index (χ1v) is 7.38. The molecule has 23 heavy (non-hydrogen) atoms. The van der Waals surface area contributed by atoms with Gasteiger partial charge < -0.3 is 15.0 Å². The van der Waals surface area contributed by atoms with E-state index in [0.717, 1.165) is 0 Å². The number of alkyl halides is 1. The molecule has 0 fully saturated rings. The first kappa shape index (κ1) is 18.7. The van der Waals surface area contributed by atoms with Gasteiger partial charge in [-0.1, -0.05) is 12.1 Å². The van der Waals surface area contributed by atoms with Crippen LogP contribution in [0.2, 0.25) is 0 Å². The van der Waals surface area contributed by atoms with Crippen molar-refractivity contribution in [1.29, 1.82) is 0 Å². The summed E-state index contributed by atoms with van der Waals surface area (Å²) in [5, 5.41) is 13.0. The molecule has 8 nitrogen and oxygen atoms in total. The van der Waals surface area contributed by atoms with Crippen LogP contribution in [-0.4, -0.2) is 47.9 Å². The largest absolute Gasteiger partial charge is 0.448 e. The van der Waals surface area contributed by atoms with Crippen LogP contribution in [0.25, 0.3) is 0 Å². The predicted octanol–water partition coefficient (Wildman–Crippen LogP) is 2.08. The molecule has 1 N–H and O–H groups in total. The summed E-state index contributed by atoms with van der Waals surface area (Å²) in [4.78, 5) is 34.7. The summed E-state index contributed by atoms with van der Waals surface area (Å²) in [5.74, 6) is -0.532. The second-order valence-electron chi connectivity index (χ2n) is 4.63. The molecule has 0 aliphatic heterocycles. The third kappa shape index (κ3) is 5.41. The van der Waals surface area contributed by atoms with E-state index in [1.54, 1.807) is 19.1 Å². The van der Waals surface area contributed by atoms with Crippen molar-refractivity contribution in [2.75, 3.05) is 26.1 Å². The number of nitrogens with one attached hydrogen (secondary N) is 1. The lowest BCUT2D eigenvalue weighted by Gasteiger charge is -2.29. The molecule has 0 aliphatic rings. The van der Waals surface area contributed by atoms with Gasteiger partial charge in [0.25, 0.3) is 5.69 Å². The van der Waals surface area contributed by atoms with Crippen LogP contribution in [0.1, 0.15) is 18.5 Å². The predicted molar refractivity (Wildman–Crippen MR) is 84.4 cm³/mol. The van der Waals surface area contributed by atoms with Crippen LogP contribution in [0, 0.1) is 10.1 Å². The lowest BCUT2D eigenvalue weighted by atomic mass is 10.1. The van der Waals surface area contributed by atoms with E-state index in [1.807, 2.05) is 0 Å². The second-order valence-corrected chi connectivity index (χ2v) is 4.90. The number of rotatable bonds is 7. The summed E-state index contributed by atoms with van der Waals surface area (Å²) in [6, 6.07) is 5.54. The Morgan fingerprint density at radius 1 is 1.39 bits per heavy atom. The molecule has 0 saturated carbocycles. The molecule has 0 saturated heterocycles. The molecule has 1 unspecified atom stereocenters. The minimum Gasteiger partial charge on any atom is -0.448 e. The standard InChI is InChI=1S/C14H18ClN3O5/c1-10(11-3-5-12(6-4-11)18(21)22)17(13(19)9-15)7-8-23-14(20)16-2/h3-6,10H,7-9H2,1-2H3,(H,16,20). The molecule has 0 heterocycles. The minimum absolute atomic E-state index is 0.0135. The highest BCUT2D eigenvalue weighted by molar-refractivity contribution is 6.27. The maximum Gasteiger partial charge on any atom is 0.406 e. The minimum atomic E-state index is -0.591. The van der Waals surface area contributed by atoms with E-state index < -0.39 is 11.0 Å². The van der Waals surface area contributed by atoms with Crippen LogP contribution in [0.3, 0.4) is 0 Å². The fraction of sp³-hybridized carbons (Fsp3) is 0.429. The number of benzene rings is 1. The first-order chi connectivity index (χ1) is 10.9. The summed E-state index contributed by atoms with van der Waals surface area (Å²) in [7, 11) is 1.43. The van der Waals surface area contributed by atoms with Crippen molar-refractivity contribution in [3.63, 3.8) is 0 Å². The second kappa shape index (κ2) is 8.94. The Hall–Kier alpha value is -2.35. The van der Waals surface area contributed by atoms with Crippen molar-refractivity contribution in [2.24, 2.45) is 0 Å². The molecule has 2 amide bonds. The normalized spacial score (nSPS) is 11.4. The van der Waals surface area contributed by atoms with Crippen molar-refractivity contribution < 1.29 is 19.2 Å². The zero-order valence-electron chi connectivity index (χ0n) is 12.8. The molecule has 1 aromatic rings. The number of carbonyl (C=O) groups is 2. The number of ether oxygens (including phenoxy) is 1. The lowest BCUT2D eigenvalue weighted by Crippen LogP contribution is -2.38. The number of nitrogens with zero attached hydrogens (tertiary/aromatic N) is 2. The molecule has 1 rings (SSSR count). The van der Waals surface area contributed by atoms with Crippen LogP contribution >= 0.6 is 11.6 Å². The molecule has 0 spiro atoms. The van der Waals surface area contributed by atoms with Crippen molar-refractivity contribution in [3.05, 3.63) is 39.9 Å². The SMILES string of the molecule is CNC(=O)OCCN(C(=O)CCl)C(C)c1ccc([N+](=O)[O-])cc1. The Morgan fingerprint density at radius 3 is 2.48 bits per heavy atom. The number of carbonyl (C=O) groups excluding carboxylic acids is 2. The number of non-ortho nitro benzene ring substituents is 1. The van der Waals surface area contributed by atoms with E-state index >= 15 is 0 Å². The van der Waals surface area contributed by atoms with Gasteiger partial charge in [-0.15, -0.1) is 11.6 Å². The van der Waals surface area contributed by atoms with E-state index in [9.17, 15) is 19.7 Å². The van der Waals surface area contributed by atoms with Gasteiger partial charge in [-0.25, -0.2) is 4.79 Å². The van der Waals surface area contributed by atoms with Crippen molar-refractivity contribution in [3.8, 4) is 0 Å². The van der Waals surface area contributed by atoms with Gasteiger partial charge in [-0.2, -0.15) is 0 Å². The Labute approximate surface area is 138 Å². The summed E-state index contributed by atoms with van der Waals surface area (Å²) < 4.78 is 4.88. The van der Waals surface area contributed by atoms with Gasteiger partial charge in [0, 0.05) is 19.2 Å². The maximum absolute atomic E-state index is 12.0. The number of amides is 2. The highest BCUT2D eigenvalue weighted by atomic mass is 35.5. The number of halogens is 1. The molecule has 1 aromatic carbocycles. The van der Waals surface area contributed by atoms with Crippen molar-refractivity contribution >= 4 is 29.3 Å². The monoisotopic (exact) mass is 343 g/mol. The number of nitro groups is 1. The topological polar surface area (TPSA) is 102 Å². The molecular formula is C14H18ClN3O5. The van der Waals surface area contributed by atoms with Gasteiger partial charge in [-0.3, -0.25) is 14.9 Å². The van der Waals surface area contributed by atoms with Gasteiger partial charge in [0.15, 0.2) is 0 Å². The van der Waals surface area contributed by atoms with Gasteiger partial charge in [-0.05, 0) is 12.5 Å². The van der Waals surface area contributed by atoms with Crippen molar-refractivity contribution in [1.82, 2.24) is 10.2 Å². The fourth-order valence-corrected chi connectivity index (χ4v) is 2.13. The Morgan fingerprint density at radius 2 is 2.00 bits per heavy atom. The average Bonchev–Trinajstić information content (AvgIpc) is 2.57. The van der Waals surface area contributed by atoms with Crippen LogP contribution < -0.4 is 5.32 Å². The Kier molecular flexibility index (Phi) is 7.27.